The molecule has 0 N–H and O–H groups in total. The van der Waals surface area contributed by atoms with Gasteiger partial charge in [0.1, 0.15) is 11.2 Å². The van der Waals surface area contributed by atoms with Crippen LogP contribution in [0.25, 0.3) is 110 Å². The number of furan rings is 1. The van der Waals surface area contributed by atoms with Crippen LogP contribution < -0.4 is 0 Å². The highest BCUT2D eigenvalue weighted by atomic mass is 16.3. The summed E-state index contributed by atoms with van der Waals surface area (Å²) in [5.41, 5.74) is -4.32. The van der Waals surface area contributed by atoms with E-state index in [2.05, 4.69) is 0 Å². The second kappa shape index (κ2) is 12.5. The molecule has 57 heavy (non-hydrogen) atoms. The van der Waals surface area contributed by atoms with E-state index in [9.17, 15) is 15.1 Å². The van der Waals surface area contributed by atoms with E-state index in [4.69, 9.17) is 23.6 Å². The quantitative estimate of drug-likeness (QED) is 0.172. The van der Waals surface area contributed by atoms with Gasteiger partial charge in [0.05, 0.1) is 67.4 Å². The highest BCUT2D eigenvalue weighted by molar-refractivity contribution is 6.17. The monoisotopic (exact) mass is 751 g/mol. The Morgan fingerprint density at radius 2 is 0.965 bits per heavy atom. The number of para-hydroxylation sites is 3. The van der Waals surface area contributed by atoms with Crippen LogP contribution in [0.2, 0.25) is 0 Å². The fourth-order valence-corrected chi connectivity index (χ4v) is 7.38. The maximum absolute atomic E-state index is 10.0. The van der Waals surface area contributed by atoms with Crippen LogP contribution in [0, 0.1) is 0 Å². The zero-order valence-corrected chi connectivity index (χ0v) is 29.0. The second-order valence-electron chi connectivity index (χ2n) is 13.0. The molecule has 3 heteroatoms. The molecule has 0 unspecified atom stereocenters. The van der Waals surface area contributed by atoms with Crippen molar-refractivity contribution in [2.45, 2.75) is 0 Å². The molecule has 0 aliphatic rings. The van der Waals surface area contributed by atoms with Crippen molar-refractivity contribution in [2.24, 2.45) is 0 Å². The van der Waals surface area contributed by atoms with Gasteiger partial charge < -0.3 is 13.6 Å². The number of rotatable bonds is 5. The van der Waals surface area contributed by atoms with E-state index in [-0.39, 0.29) is 27.5 Å². The van der Waals surface area contributed by atoms with Gasteiger partial charge in [0, 0.05) is 38.2 Å². The average Bonchev–Trinajstić information content (AvgIpc) is 2.80. The van der Waals surface area contributed by atoms with Crippen LogP contribution in [0.5, 0.6) is 0 Å². The van der Waals surface area contributed by atoms with Crippen molar-refractivity contribution < 1.29 is 38.7 Å². The summed E-state index contributed by atoms with van der Waals surface area (Å²) in [5.74, 6) is 0. The average molecular weight is 752 g/mol. The van der Waals surface area contributed by atoms with Crippen molar-refractivity contribution in [1.29, 1.82) is 0 Å². The maximum atomic E-state index is 10.0. The lowest BCUT2D eigenvalue weighted by Crippen LogP contribution is -1.94. The molecule has 266 valence electrons. The van der Waals surface area contributed by atoms with Crippen molar-refractivity contribution in [1.82, 2.24) is 9.13 Å². The Hall–Kier alpha value is -7.62. The molecule has 3 nitrogen and oxygen atoms in total. The summed E-state index contributed by atoms with van der Waals surface area (Å²) in [6, 6.07) is -4.47. The first-order chi connectivity index (χ1) is 38.7. The zero-order valence-electron chi connectivity index (χ0n) is 54.0. The predicted molar refractivity (Wildman–Crippen MR) is 239 cm³/mol. The fourth-order valence-electron chi connectivity index (χ4n) is 7.38. The van der Waals surface area contributed by atoms with Crippen molar-refractivity contribution in [3.8, 4) is 44.8 Å². The molecule has 3 aromatic heterocycles. The van der Waals surface area contributed by atoms with Gasteiger partial charge in [-0.2, -0.15) is 0 Å². The largest absolute Gasteiger partial charge is 0.455 e. The minimum atomic E-state index is -0.959. The molecular weight excluding hydrogens is 693 g/mol. The summed E-state index contributed by atoms with van der Waals surface area (Å²) < 4.78 is 237. The predicted octanol–water partition coefficient (Wildman–Crippen LogP) is 14.8. The summed E-state index contributed by atoms with van der Waals surface area (Å²) in [7, 11) is 0. The molecule has 0 saturated carbocycles. The van der Waals surface area contributed by atoms with Crippen LogP contribution in [0.1, 0.15) is 34.3 Å². The molecule has 0 aliphatic carbocycles. The van der Waals surface area contributed by atoms with Crippen LogP contribution in [0.15, 0.2) is 210 Å². The van der Waals surface area contributed by atoms with Crippen molar-refractivity contribution in [3.63, 3.8) is 0 Å². The van der Waals surface area contributed by atoms with E-state index >= 15 is 0 Å². The van der Waals surface area contributed by atoms with E-state index in [1.165, 1.54) is 4.57 Å². The number of hydrogen-bond donors (Lipinski definition) is 0. The number of benzene rings is 9. The van der Waals surface area contributed by atoms with Gasteiger partial charge in [-0.05, 0) is 88.3 Å². The third-order valence-corrected chi connectivity index (χ3v) is 9.88. The minimum Gasteiger partial charge on any atom is -0.455 e. The Morgan fingerprint density at radius 1 is 0.386 bits per heavy atom. The van der Waals surface area contributed by atoms with Gasteiger partial charge in [-0.25, -0.2) is 0 Å². The molecule has 0 radical (unpaired) electrons. The van der Waals surface area contributed by atoms with Crippen molar-refractivity contribution >= 4 is 65.6 Å². The lowest BCUT2D eigenvalue weighted by Gasteiger charge is -2.11. The van der Waals surface area contributed by atoms with E-state index in [0.717, 1.165) is 15.7 Å². The van der Waals surface area contributed by atoms with Gasteiger partial charge in [0.15, 0.2) is 0 Å². The summed E-state index contributed by atoms with van der Waals surface area (Å²) in [6.45, 7) is 0. The summed E-state index contributed by atoms with van der Waals surface area (Å²) in [4.78, 5) is 0. The van der Waals surface area contributed by atoms with Gasteiger partial charge in [-0.3, -0.25) is 0 Å². The third-order valence-electron chi connectivity index (χ3n) is 9.88. The smallest absolute Gasteiger partial charge is 0.143 e. The Bertz CT molecular complexity index is 4940. The van der Waals surface area contributed by atoms with Gasteiger partial charge in [-0.1, -0.05) is 145 Å². The van der Waals surface area contributed by atoms with Crippen LogP contribution >= 0.6 is 0 Å². The lowest BCUT2D eigenvalue weighted by atomic mass is 10.0. The van der Waals surface area contributed by atoms with Crippen molar-refractivity contribution in [3.05, 3.63) is 206 Å². The molecule has 0 bridgehead atoms. The van der Waals surface area contributed by atoms with E-state index < -0.39 is 223 Å². The molecule has 0 spiro atoms. The molecule has 9 aromatic carbocycles. The van der Waals surface area contributed by atoms with Crippen LogP contribution in [0.3, 0.4) is 0 Å². The summed E-state index contributed by atoms with van der Waals surface area (Å²) >= 11 is 0. The Morgan fingerprint density at radius 3 is 1.68 bits per heavy atom. The molecular formula is C54H34N2O. The second-order valence-corrected chi connectivity index (χ2v) is 13.0. The van der Waals surface area contributed by atoms with E-state index in [1.54, 1.807) is 24.3 Å². The Labute approximate surface area is 364 Å². The van der Waals surface area contributed by atoms with Crippen molar-refractivity contribution in [2.75, 3.05) is 0 Å². The molecule has 3 heterocycles. The lowest BCUT2D eigenvalue weighted by molar-refractivity contribution is 0.670. The summed E-state index contributed by atoms with van der Waals surface area (Å²) in [6.07, 6.45) is 0. The summed E-state index contributed by atoms with van der Waals surface area (Å²) in [5, 5.41) is -2.73. The highest BCUT2D eigenvalue weighted by Crippen LogP contribution is 2.43. The van der Waals surface area contributed by atoms with Crippen LogP contribution in [-0.4, -0.2) is 9.13 Å². The minimum absolute atomic E-state index is 0.176. The molecule has 0 amide bonds. The first kappa shape index (κ1) is 15.9. The SMILES string of the molecule is [2H]c1c([2H])c([2H])c(-c2c([2H])c([2H])c([2H])c3c2oc2c([2H])c([2H])c([2H])c(-n4c5c([2H])c([2H])c([2H])c([2H])c5c5c([2H])c(-c6c([2H])c([2H])c7c(c6[2H])c6c([2H])c([2H])c([2H])c([2H])c6n7-c6ccc(-c7ccccc7)cc6)c([2H])c([2H])c54)c23)c([2H])c1[2H]. The standard InChI is InChI=1S/C54H34N2O/c1-3-13-35(14-4-1)36-25-29-40(30-26-36)55-47-21-9-7-17-42(47)45-33-38(27-31-49(45)55)39-28-32-50-46(34-39)43-18-8-10-22-48(43)56(50)51-23-12-24-52-53(51)44-20-11-19-41(54(44)57-52)37-15-5-2-6-16-37/h1-34H/i2D,5D,6D,7D,8D,9D,10D,11D,12D,15D,16D,17D,18D,19D,20D,21D,22D,23D,24D,27D,28D,31D,32D,33D,34D. The third kappa shape index (κ3) is 4.86. The molecule has 0 atom stereocenters. The molecule has 0 aliphatic heterocycles. The number of hydrogen-bond acceptors (Lipinski definition) is 1. The first-order valence-electron chi connectivity index (χ1n) is 30.0. The van der Waals surface area contributed by atoms with Gasteiger partial charge in [0.25, 0.3) is 0 Å². The zero-order chi connectivity index (χ0) is 59.2. The Balaban J connectivity index is 1.24. The highest BCUT2D eigenvalue weighted by Gasteiger charge is 2.20. The Kier molecular flexibility index (Phi) is 3.46. The van der Waals surface area contributed by atoms with Crippen LogP contribution in [0.4, 0.5) is 0 Å². The molecule has 0 saturated heterocycles. The molecule has 12 rings (SSSR count). The number of aromatic nitrogens is 2. The number of nitrogens with zero attached hydrogens (tertiary/aromatic N) is 2. The normalized spacial score (nSPS) is 18.0. The fraction of sp³-hybridized carbons (Fsp3) is 0. The molecule has 0 fully saturated rings. The van der Waals surface area contributed by atoms with Gasteiger partial charge in [-0.15, -0.1) is 0 Å². The topological polar surface area (TPSA) is 23.0 Å². The van der Waals surface area contributed by atoms with E-state index in [0.29, 0.717) is 0 Å². The van der Waals surface area contributed by atoms with E-state index in [1.807, 2.05) is 30.3 Å². The van der Waals surface area contributed by atoms with Gasteiger partial charge in [0.2, 0.25) is 0 Å². The maximum Gasteiger partial charge on any atom is 0.143 e. The molecule has 12 aromatic rings. The van der Waals surface area contributed by atoms with Crippen LogP contribution in [-0.2, 0) is 0 Å². The first-order valence-corrected chi connectivity index (χ1v) is 17.5. The van der Waals surface area contributed by atoms with Gasteiger partial charge >= 0.3 is 0 Å². The number of fused-ring (bicyclic) bond motifs is 9.